The van der Waals surface area contributed by atoms with E-state index in [0.29, 0.717) is 25.5 Å². The minimum Gasteiger partial charge on any atom is -0.375 e. The molecule has 2 fully saturated rings. The molecule has 0 radical (unpaired) electrons. The van der Waals surface area contributed by atoms with Gasteiger partial charge in [0, 0.05) is 12.4 Å². The van der Waals surface area contributed by atoms with Crippen molar-refractivity contribution in [2.24, 2.45) is 0 Å². The fourth-order valence-corrected chi connectivity index (χ4v) is 4.90. The van der Waals surface area contributed by atoms with E-state index in [-0.39, 0.29) is 17.9 Å². The molecule has 1 saturated heterocycles. The van der Waals surface area contributed by atoms with Gasteiger partial charge in [-0.05, 0) is 25.7 Å². The predicted molar refractivity (Wildman–Crippen MR) is 72.4 cm³/mol. The molecule has 2 aliphatic rings. The lowest BCUT2D eigenvalue weighted by molar-refractivity contribution is -0.0586. The first-order valence-corrected chi connectivity index (χ1v) is 8.96. The lowest BCUT2D eigenvalue weighted by Crippen LogP contribution is -2.55. The van der Waals surface area contributed by atoms with Crippen LogP contribution in [0, 0.1) is 0 Å². The van der Waals surface area contributed by atoms with Crippen molar-refractivity contribution in [2.45, 2.75) is 50.7 Å². The monoisotopic (exact) mass is 295 g/mol. The van der Waals surface area contributed by atoms with E-state index in [1.54, 1.807) is 4.31 Å². The number of hydrogen-bond donors (Lipinski definition) is 0. The number of fused-ring (bicyclic) bond motifs is 1. The zero-order valence-electron chi connectivity index (χ0n) is 10.7. The van der Waals surface area contributed by atoms with Crippen LogP contribution in [0.15, 0.2) is 0 Å². The predicted octanol–water partition coefficient (Wildman–Crippen LogP) is 1.98. The molecule has 0 aromatic rings. The summed E-state index contributed by atoms with van der Waals surface area (Å²) in [4.78, 5) is 0. The summed E-state index contributed by atoms with van der Waals surface area (Å²) in [5.74, 6) is 0.758. The van der Waals surface area contributed by atoms with Gasteiger partial charge >= 0.3 is 0 Å². The Bertz CT molecular complexity index is 358. The quantitative estimate of drug-likeness (QED) is 0.575. The van der Waals surface area contributed by atoms with E-state index in [4.69, 9.17) is 16.3 Å². The Labute approximate surface area is 115 Å². The second-order valence-corrected chi connectivity index (χ2v) is 7.50. The maximum absolute atomic E-state index is 12.3. The number of morpholine rings is 1. The van der Waals surface area contributed by atoms with E-state index in [2.05, 4.69) is 0 Å². The SMILES string of the molecule is O=S(=O)(CCCCCl)N1CCOC2CCCCC21. The summed E-state index contributed by atoms with van der Waals surface area (Å²) in [5.41, 5.74) is 0. The molecule has 6 heteroatoms. The Hall–Kier alpha value is 0.160. The first-order chi connectivity index (χ1) is 8.65. The number of ether oxygens (including phenoxy) is 1. The number of sulfonamides is 1. The Kier molecular flexibility index (Phi) is 5.30. The first-order valence-electron chi connectivity index (χ1n) is 6.82. The third-order valence-electron chi connectivity index (χ3n) is 3.82. The smallest absolute Gasteiger partial charge is 0.214 e. The summed E-state index contributed by atoms with van der Waals surface area (Å²) in [6.07, 6.45) is 5.74. The maximum Gasteiger partial charge on any atom is 0.214 e. The van der Waals surface area contributed by atoms with E-state index in [1.165, 1.54) is 0 Å². The van der Waals surface area contributed by atoms with Gasteiger partial charge in [-0.1, -0.05) is 12.8 Å². The van der Waals surface area contributed by atoms with Crippen LogP contribution in [0.1, 0.15) is 38.5 Å². The van der Waals surface area contributed by atoms with Gasteiger partial charge in [-0.3, -0.25) is 0 Å². The third-order valence-corrected chi connectivity index (χ3v) is 6.06. The van der Waals surface area contributed by atoms with Crippen LogP contribution in [-0.2, 0) is 14.8 Å². The summed E-state index contributed by atoms with van der Waals surface area (Å²) >= 11 is 5.60. The molecule has 18 heavy (non-hydrogen) atoms. The van der Waals surface area contributed by atoms with Crippen molar-refractivity contribution in [3.8, 4) is 0 Å². The second kappa shape index (κ2) is 6.55. The molecular formula is C12H22ClNO3S. The molecule has 0 aromatic heterocycles. The highest BCUT2D eigenvalue weighted by Gasteiger charge is 2.39. The molecule has 0 spiro atoms. The molecule has 0 amide bonds. The van der Waals surface area contributed by atoms with Crippen molar-refractivity contribution in [3.05, 3.63) is 0 Å². The van der Waals surface area contributed by atoms with E-state index in [9.17, 15) is 8.42 Å². The third kappa shape index (κ3) is 3.38. The topological polar surface area (TPSA) is 46.6 Å². The zero-order valence-corrected chi connectivity index (χ0v) is 12.3. The fourth-order valence-electron chi connectivity index (χ4n) is 2.90. The van der Waals surface area contributed by atoms with E-state index in [0.717, 1.165) is 32.1 Å². The van der Waals surface area contributed by atoms with Gasteiger partial charge in [0.25, 0.3) is 0 Å². The van der Waals surface area contributed by atoms with Crippen molar-refractivity contribution in [2.75, 3.05) is 24.8 Å². The highest BCUT2D eigenvalue weighted by Crippen LogP contribution is 2.30. The summed E-state index contributed by atoms with van der Waals surface area (Å²) in [6.45, 7) is 1.06. The van der Waals surface area contributed by atoms with Crippen LogP contribution in [0.3, 0.4) is 0 Å². The minimum atomic E-state index is -3.13. The molecular weight excluding hydrogens is 274 g/mol. The normalized spacial score (nSPS) is 30.1. The van der Waals surface area contributed by atoms with Crippen LogP contribution in [0.4, 0.5) is 0 Å². The van der Waals surface area contributed by atoms with Gasteiger partial charge in [0.15, 0.2) is 0 Å². The van der Waals surface area contributed by atoms with Crippen molar-refractivity contribution in [1.82, 2.24) is 4.31 Å². The largest absolute Gasteiger partial charge is 0.375 e. The molecule has 1 saturated carbocycles. The number of nitrogens with zero attached hydrogens (tertiary/aromatic N) is 1. The van der Waals surface area contributed by atoms with Gasteiger partial charge in [0.2, 0.25) is 10.0 Å². The minimum absolute atomic E-state index is 0.0773. The average molecular weight is 296 g/mol. The van der Waals surface area contributed by atoms with Crippen molar-refractivity contribution in [1.29, 1.82) is 0 Å². The van der Waals surface area contributed by atoms with Gasteiger partial charge in [-0.2, -0.15) is 4.31 Å². The molecule has 2 atom stereocenters. The van der Waals surface area contributed by atoms with E-state index < -0.39 is 10.0 Å². The molecule has 2 rings (SSSR count). The molecule has 0 N–H and O–H groups in total. The van der Waals surface area contributed by atoms with Crippen LogP contribution in [0.5, 0.6) is 0 Å². The molecule has 4 nitrogen and oxygen atoms in total. The van der Waals surface area contributed by atoms with E-state index in [1.807, 2.05) is 0 Å². The number of hydrogen-bond acceptors (Lipinski definition) is 3. The number of alkyl halides is 1. The Morgan fingerprint density at radius 2 is 2.00 bits per heavy atom. The fraction of sp³-hybridized carbons (Fsp3) is 1.00. The average Bonchev–Trinajstić information content (AvgIpc) is 2.38. The maximum atomic E-state index is 12.3. The van der Waals surface area contributed by atoms with Crippen LogP contribution >= 0.6 is 11.6 Å². The van der Waals surface area contributed by atoms with Crippen LogP contribution < -0.4 is 0 Å². The highest BCUT2D eigenvalue weighted by atomic mass is 35.5. The molecule has 0 aromatic carbocycles. The van der Waals surface area contributed by atoms with Crippen molar-refractivity contribution < 1.29 is 13.2 Å². The summed E-state index contributed by atoms with van der Waals surface area (Å²) in [6, 6.07) is 0.0773. The first kappa shape index (κ1) is 14.6. The van der Waals surface area contributed by atoms with Gasteiger partial charge < -0.3 is 4.74 Å². The summed E-state index contributed by atoms with van der Waals surface area (Å²) in [5, 5.41) is 0. The Morgan fingerprint density at radius 1 is 1.22 bits per heavy atom. The van der Waals surface area contributed by atoms with Crippen molar-refractivity contribution >= 4 is 21.6 Å². The molecule has 1 heterocycles. The number of halogens is 1. The van der Waals surface area contributed by atoms with Gasteiger partial charge in [0.05, 0.1) is 24.5 Å². The molecule has 1 aliphatic heterocycles. The standard InChI is InChI=1S/C12H22ClNO3S/c13-7-3-4-10-18(15,16)14-8-9-17-12-6-2-1-5-11(12)14/h11-12H,1-10H2. The van der Waals surface area contributed by atoms with Crippen molar-refractivity contribution in [3.63, 3.8) is 0 Å². The summed E-state index contributed by atoms with van der Waals surface area (Å²) < 4.78 is 32.1. The van der Waals surface area contributed by atoms with Gasteiger partial charge in [-0.25, -0.2) is 8.42 Å². The molecule has 1 aliphatic carbocycles. The Morgan fingerprint density at radius 3 is 2.78 bits per heavy atom. The van der Waals surface area contributed by atoms with Crippen LogP contribution in [0.25, 0.3) is 0 Å². The molecule has 0 bridgehead atoms. The lowest BCUT2D eigenvalue weighted by Gasteiger charge is -2.42. The second-order valence-electron chi connectivity index (χ2n) is 5.08. The van der Waals surface area contributed by atoms with Crippen LogP contribution in [0.2, 0.25) is 0 Å². The van der Waals surface area contributed by atoms with E-state index >= 15 is 0 Å². The number of rotatable bonds is 5. The molecule has 106 valence electrons. The van der Waals surface area contributed by atoms with Gasteiger partial charge in [-0.15, -0.1) is 11.6 Å². The van der Waals surface area contributed by atoms with Crippen LogP contribution in [-0.4, -0.2) is 49.7 Å². The zero-order chi connectivity index (χ0) is 13.0. The number of unbranched alkanes of at least 4 members (excludes halogenated alkanes) is 1. The van der Waals surface area contributed by atoms with Gasteiger partial charge in [0.1, 0.15) is 0 Å². The lowest BCUT2D eigenvalue weighted by atomic mass is 9.91. The summed E-state index contributed by atoms with van der Waals surface area (Å²) in [7, 11) is -3.13. The molecule has 2 unspecified atom stereocenters. The Balaban J connectivity index is 2.00. The highest BCUT2D eigenvalue weighted by molar-refractivity contribution is 7.89.